The minimum atomic E-state index is -1.04. The summed E-state index contributed by atoms with van der Waals surface area (Å²) in [6, 6.07) is 9.55. The van der Waals surface area contributed by atoms with Gasteiger partial charge in [-0.3, -0.25) is 4.79 Å². The van der Waals surface area contributed by atoms with Gasteiger partial charge in [-0.05, 0) is 54.5 Å². The van der Waals surface area contributed by atoms with E-state index in [0.717, 1.165) is 33.9 Å². The zero-order valence-electron chi connectivity index (χ0n) is 16.1. The highest BCUT2D eigenvalue weighted by molar-refractivity contribution is 6.19. The molecule has 1 aromatic heterocycles. The number of aliphatic carboxylic acids is 1. The molecular weight excluding hydrogens is 356 g/mol. The van der Waals surface area contributed by atoms with Gasteiger partial charge in [0, 0.05) is 17.5 Å². The molecule has 0 spiro atoms. The first-order valence-electron chi connectivity index (χ1n) is 9.60. The van der Waals surface area contributed by atoms with Crippen LogP contribution in [0.15, 0.2) is 30.3 Å². The van der Waals surface area contributed by atoms with Gasteiger partial charge in [-0.25, -0.2) is 4.79 Å². The zero-order chi connectivity index (χ0) is 20.0. The minimum Gasteiger partial charge on any atom is -0.481 e. The third kappa shape index (κ3) is 3.19. The number of nitrogens with two attached hydrogens (primary N) is 1. The summed E-state index contributed by atoms with van der Waals surface area (Å²) in [4.78, 5) is 23.3. The van der Waals surface area contributed by atoms with E-state index in [1.54, 1.807) is 6.07 Å². The molecule has 0 saturated heterocycles. The second-order valence-corrected chi connectivity index (χ2v) is 7.87. The van der Waals surface area contributed by atoms with Crippen LogP contribution in [0, 0.1) is 5.92 Å². The lowest BCUT2D eigenvalue weighted by molar-refractivity contribution is -0.139. The molecule has 1 fully saturated rings. The van der Waals surface area contributed by atoms with Crippen LogP contribution in [0.3, 0.4) is 0 Å². The molecule has 0 aliphatic heterocycles. The highest BCUT2D eigenvalue weighted by Gasteiger charge is 2.26. The lowest BCUT2D eigenvalue weighted by Crippen LogP contribution is -2.12. The summed E-state index contributed by atoms with van der Waals surface area (Å²) in [5, 5.41) is 10.6. The molecule has 4 rings (SSSR count). The largest absolute Gasteiger partial charge is 0.481 e. The second-order valence-electron chi connectivity index (χ2n) is 7.87. The van der Waals surface area contributed by atoms with Crippen molar-refractivity contribution in [2.24, 2.45) is 11.7 Å². The summed E-state index contributed by atoms with van der Waals surface area (Å²) in [7, 11) is 0. The van der Waals surface area contributed by atoms with Crippen LogP contribution in [-0.4, -0.2) is 28.2 Å². The Balaban J connectivity index is 2.09. The topological polar surface area (TPSA) is 94.6 Å². The number of carboxylic acids is 1. The number of aromatic nitrogens is 1. The predicted octanol–water partition coefficient (Wildman–Crippen LogP) is 3.89. The maximum Gasteiger partial charge on any atom is 0.341 e. The van der Waals surface area contributed by atoms with Gasteiger partial charge in [-0.2, -0.15) is 0 Å². The molecule has 0 radical (unpaired) electrons. The lowest BCUT2D eigenvalue weighted by Gasteiger charge is -2.13. The van der Waals surface area contributed by atoms with Crippen molar-refractivity contribution in [2.45, 2.75) is 39.2 Å². The average Bonchev–Trinajstić information content (AvgIpc) is 3.41. The smallest absolute Gasteiger partial charge is 0.341 e. The molecule has 3 N–H and O–H groups in total. The number of ether oxygens (including phenoxy) is 1. The third-order valence-corrected chi connectivity index (χ3v) is 5.40. The molecule has 0 bridgehead atoms. The number of carboxylic acid groups (broad SMARTS) is 1. The number of primary amides is 1. The second kappa shape index (κ2) is 6.86. The first-order chi connectivity index (χ1) is 13.4. The van der Waals surface area contributed by atoms with Crippen molar-refractivity contribution >= 4 is 33.7 Å². The molecule has 28 heavy (non-hydrogen) atoms. The standard InChI is InChI=1S/C22H24N2O4/c1-12(2)14-8-17-21(18(9-14)28-11-19(25)26)20-15(22(23)27)4-3-5-16(20)24(17)10-13-6-7-13/h3-5,8-9,12-13H,6-7,10-11H2,1-2H3,(H2,23,27)(H,25,26). The number of nitrogens with zero attached hydrogens (tertiary/aromatic N) is 1. The Morgan fingerprint density at radius 1 is 1.21 bits per heavy atom. The molecule has 0 atom stereocenters. The van der Waals surface area contributed by atoms with Gasteiger partial charge < -0.3 is 20.1 Å². The SMILES string of the molecule is CC(C)c1cc(OCC(=O)O)c2c3c(C(N)=O)cccc3n(CC3CC3)c2c1. The number of fused-ring (bicyclic) bond motifs is 3. The highest BCUT2D eigenvalue weighted by atomic mass is 16.5. The van der Waals surface area contributed by atoms with Gasteiger partial charge in [0.05, 0.1) is 16.4 Å². The van der Waals surface area contributed by atoms with E-state index in [1.165, 1.54) is 12.8 Å². The van der Waals surface area contributed by atoms with Gasteiger partial charge >= 0.3 is 5.97 Å². The Kier molecular flexibility index (Phi) is 4.49. The molecular formula is C22H24N2O4. The number of carbonyl (C=O) groups is 2. The van der Waals surface area contributed by atoms with Gasteiger partial charge in [0.1, 0.15) is 5.75 Å². The Morgan fingerprint density at radius 2 is 1.96 bits per heavy atom. The Bertz CT molecular complexity index is 1090. The molecule has 6 nitrogen and oxygen atoms in total. The number of hydrogen-bond donors (Lipinski definition) is 2. The fourth-order valence-corrected chi connectivity index (χ4v) is 3.79. The summed E-state index contributed by atoms with van der Waals surface area (Å²) < 4.78 is 7.91. The molecule has 1 amide bonds. The molecule has 2 aromatic carbocycles. The van der Waals surface area contributed by atoms with Crippen LogP contribution in [-0.2, 0) is 11.3 Å². The fourth-order valence-electron chi connectivity index (χ4n) is 3.79. The van der Waals surface area contributed by atoms with Crippen molar-refractivity contribution in [2.75, 3.05) is 6.61 Å². The molecule has 0 unspecified atom stereocenters. The minimum absolute atomic E-state index is 0.250. The van der Waals surface area contributed by atoms with E-state index in [-0.39, 0.29) is 5.92 Å². The van der Waals surface area contributed by atoms with Crippen molar-refractivity contribution in [3.05, 3.63) is 41.5 Å². The van der Waals surface area contributed by atoms with E-state index >= 15 is 0 Å². The summed E-state index contributed by atoms with van der Waals surface area (Å²) >= 11 is 0. The average molecular weight is 380 g/mol. The number of hydrogen-bond acceptors (Lipinski definition) is 3. The quantitative estimate of drug-likeness (QED) is 0.650. The number of amides is 1. The summed E-state index contributed by atoms with van der Waals surface area (Å²) in [6.45, 7) is 4.60. The lowest BCUT2D eigenvalue weighted by atomic mass is 9.99. The van der Waals surface area contributed by atoms with E-state index in [9.17, 15) is 9.59 Å². The maximum atomic E-state index is 12.1. The van der Waals surface area contributed by atoms with Crippen LogP contribution < -0.4 is 10.5 Å². The molecule has 6 heteroatoms. The van der Waals surface area contributed by atoms with E-state index in [4.69, 9.17) is 15.6 Å². The molecule has 3 aromatic rings. The number of carbonyl (C=O) groups excluding carboxylic acids is 1. The Labute approximate surface area is 162 Å². The monoisotopic (exact) mass is 380 g/mol. The van der Waals surface area contributed by atoms with E-state index in [0.29, 0.717) is 17.2 Å². The number of benzene rings is 2. The maximum absolute atomic E-state index is 12.1. The van der Waals surface area contributed by atoms with Crippen LogP contribution >= 0.6 is 0 Å². The zero-order valence-corrected chi connectivity index (χ0v) is 16.1. The van der Waals surface area contributed by atoms with Crippen LogP contribution in [0.5, 0.6) is 5.75 Å². The van der Waals surface area contributed by atoms with Crippen LogP contribution in [0.2, 0.25) is 0 Å². The summed E-state index contributed by atoms with van der Waals surface area (Å²) in [6.07, 6.45) is 2.39. The Morgan fingerprint density at radius 3 is 2.57 bits per heavy atom. The van der Waals surface area contributed by atoms with Crippen LogP contribution in [0.4, 0.5) is 0 Å². The van der Waals surface area contributed by atoms with Crippen molar-refractivity contribution < 1.29 is 19.4 Å². The molecule has 1 heterocycles. The van der Waals surface area contributed by atoms with Crippen molar-refractivity contribution in [3.8, 4) is 5.75 Å². The van der Waals surface area contributed by atoms with Gasteiger partial charge in [0.15, 0.2) is 6.61 Å². The van der Waals surface area contributed by atoms with Crippen LogP contribution in [0.1, 0.15) is 48.5 Å². The molecule has 1 aliphatic rings. The van der Waals surface area contributed by atoms with Gasteiger partial charge in [0.2, 0.25) is 5.91 Å². The summed E-state index contributed by atoms with van der Waals surface area (Å²) in [5.74, 6) is -0.188. The van der Waals surface area contributed by atoms with Gasteiger partial charge in [-0.15, -0.1) is 0 Å². The fraction of sp³-hybridized carbons (Fsp3) is 0.364. The van der Waals surface area contributed by atoms with Crippen molar-refractivity contribution in [1.82, 2.24) is 4.57 Å². The molecule has 146 valence electrons. The van der Waals surface area contributed by atoms with E-state index in [1.807, 2.05) is 18.2 Å². The van der Waals surface area contributed by atoms with Gasteiger partial charge in [-0.1, -0.05) is 19.9 Å². The third-order valence-electron chi connectivity index (χ3n) is 5.40. The van der Waals surface area contributed by atoms with Crippen molar-refractivity contribution in [3.63, 3.8) is 0 Å². The van der Waals surface area contributed by atoms with Crippen LogP contribution in [0.25, 0.3) is 21.8 Å². The van der Waals surface area contributed by atoms with E-state index in [2.05, 4.69) is 24.5 Å². The summed E-state index contributed by atoms with van der Waals surface area (Å²) in [5.41, 5.74) is 9.04. The Hall–Kier alpha value is -3.02. The predicted molar refractivity (Wildman–Crippen MR) is 108 cm³/mol. The van der Waals surface area contributed by atoms with Gasteiger partial charge in [0.25, 0.3) is 0 Å². The highest BCUT2D eigenvalue weighted by Crippen LogP contribution is 2.42. The first kappa shape index (κ1) is 18.3. The molecule has 1 saturated carbocycles. The first-order valence-corrected chi connectivity index (χ1v) is 9.60. The van der Waals surface area contributed by atoms with E-state index < -0.39 is 18.5 Å². The van der Waals surface area contributed by atoms with Crippen molar-refractivity contribution in [1.29, 1.82) is 0 Å². The molecule has 1 aliphatic carbocycles. The number of rotatable bonds is 7. The normalized spacial score (nSPS) is 14.1.